The fraction of sp³-hybridized carbons (Fsp3) is 0.560. The first-order valence-corrected chi connectivity index (χ1v) is 13.5. The van der Waals surface area contributed by atoms with E-state index < -0.39 is 6.04 Å². The van der Waals surface area contributed by atoms with Crippen molar-refractivity contribution in [2.75, 3.05) is 53.0 Å². The van der Waals surface area contributed by atoms with Gasteiger partial charge in [-0.3, -0.25) is 9.59 Å². The van der Waals surface area contributed by atoms with E-state index in [1.54, 1.807) is 30.2 Å². The molecule has 1 spiro atoms. The van der Waals surface area contributed by atoms with Crippen LogP contribution in [0.3, 0.4) is 0 Å². The maximum Gasteiger partial charge on any atom is 0.252 e. The zero-order valence-electron chi connectivity index (χ0n) is 21.3. The summed E-state index contributed by atoms with van der Waals surface area (Å²) in [4.78, 5) is 36.5. The lowest BCUT2D eigenvalue weighted by atomic mass is 9.80. The Labute approximate surface area is 215 Å². The molecule has 11 heteroatoms. The van der Waals surface area contributed by atoms with Gasteiger partial charge in [0.15, 0.2) is 11.5 Å². The van der Waals surface area contributed by atoms with E-state index in [9.17, 15) is 9.59 Å². The lowest BCUT2D eigenvalue weighted by Crippen LogP contribution is -2.57. The molecule has 36 heavy (non-hydrogen) atoms. The first-order valence-electron chi connectivity index (χ1n) is 12.1. The van der Waals surface area contributed by atoms with Crippen molar-refractivity contribution in [3.05, 3.63) is 35.4 Å². The van der Waals surface area contributed by atoms with Crippen molar-refractivity contribution in [1.29, 1.82) is 0 Å². The van der Waals surface area contributed by atoms with E-state index in [2.05, 4.69) is 20.6 Å². The fourth-order valence-corrected chi connectivity index (χ4v) is 5.60. The van der Waals surface area contributed by atoms with Gasteiger partial charge in [0.05, 0.1) is 38.9 Å². The lowest BCUT2D eigenvalue weighted by molar-refractivity contribution is -0.135. The Kier molecular flexibility index (Phi) is 8.30. The SMILES string of the molecule is COc1cc(C(=O)N[C@@H](CCSC)C(=O)N2CCC3(CC2)NCCc2[nH]cnc23)cc(OC)c1OC. The zero-order chi connectivity index (χ0) is 25.7. The lowest BCUT2D eigenvalue weighted by Gasteiger charge is -2.44. The van der Waals surface area contributed by atoms with Crippen molar-refractivity contribution in [3.8, 4) is 17.2 Å². The second-order valence-electron chi connectivity index (χ2n) is 9.04. The number of H-pyrrole nitrogens is 1. The van der Waals surface area contributed by atoms with E-state index in [0.717, 1.165) is 37.3 Å². The Bertz CT molecular complexity index is 1060. The molecule has 0 bridgehead atoms. The van der Waals surface area contributed by atoms with Crippen molar-refractivity contribution < 1.29 is 23.8 Å². The average Bonchev–Trinajstić information content (AvgIpc) is 3.40. The van der Waals surface area contributed by atoms with Crippen LogP contribution >= 0.6 is 11.8 Å². The largest absolute Gasteiger partial charge is 0.493 e. The third kappa shape index (κ3) is 5.12. The number of ether oxygens (including phenoxy) is 3. The number of carbonyl (C=O) groups is 2. The van der Waals surface area contributed by atoms with Crippen LogP contribution in [0.15, 0.2) is 18.5 Å². The predicted octanol–water partition coefficient (Wildman–Crippen LogP) is 1.95. The van der Waals surface area contributed by atoms with Gasteiger partial charge in [-0.25, -0.2) is 4.98 Å². The first kappa shape index (κ1) is 26.2. The van der Waals surface area contributed by atoms with Crippen molar-refractivity contribution in [3.63, 3.8) is 0 Å². The summed E-state index contributed by atoms with van der Waals surface area (Å²) >= 11 is 1.64. The number of imidazole rings is 1. The second-order valence-corrected chi connectivity index (χ2v) is 10.0. The van der Waals surface area contributed by atoms with Gasteiger partial charge < -0.3 is 34.7 Å². The molecular weight excluding hydrogens is 482 g/mol. The predicted molar refractivity (Wildman–Crippen MR) is 138 cm³/mol. The molecule has 1 atom stereocenters. The highest BCUT2D eigenvalue weighted by atomic mass is 32.2. The molecule has 1 aromatic carbocycles. The van der Waals surface area contributed by atoms with Crippen LogP contribution in [0.25, 0.3) is 0 Å². The van der Waals surface area contributed by atoms with Crippen LogP contribution in [-0.2, 0) is 16.8 Å². The number of aromatic amines is 1. The standard InChI is InChI=1S/C25H35N5O5S/c1-33-19-13-16(14-20(34-2)21(19)35-3)23(31)29-18(6-12-36-4)24(32)30-10-7-25(8-11-30)22-17(5-9-28-25)26-15-27-22/h13-15,18,28H,5-12H2,1-4H3,(H,26,27)(H,29,31)/t18-/m0/s1. The van der Waals surface area contributed by atoms with Crippen molar-refractivity contribution in [2.24, 2.45) is 0 Å². The summed E-state index contributed by atoms with van der Waals surface area (Å²) in [5.74, 6) is 1.50. The molecule has 0 saturated carbocycles. The van der Waals surface area contributed by atoms with Crippen LogP contribution in [0.4, 0.5) is 0 Å². The second kappa shape index (κ2) is 11.4. The van der Waals surface area contributed by atoms with E-state index in [4.69, 9.17) is 14.2 Å². The van der Waals surface area contributed by atoms with E-state index in [1.165, 1.54) is 27.0 Å². The molecule has 1 aromatic heterocycles. The van der Waals surface area contributed by atoms with Crippen molar-refractivity contribution in [1.82, 2.24) is 25.5 Å². The number of fused-ring (bicyclic) bond motifs is 2. The summed E-state index contributed by atoms with van der Waals surface area (Å²) in [6.07, 6.45) is 6.79. The van der Waals surface area contributed by atoms with E-state index >= 15 is 0 Å². The quantitative estimate of drug-likeness (QED) is 0.462. The molecule has 2 amide bonds. The Hall–Kier alpha value is -2.92. The summed E-state index contributed by atoms with van der Waals surface area (Å²) in [5.41, 5.74) is 2.40. The number of aromatic nitrogens is 2. The Morgan fingerprint density at radius 3 is 2.47 bits per heavy atom. The van der Waals surface area contributed by atoms with Crippen LogP contribution in [-0.4, -0.2) is 85.7 Å². The number of likely N-dealkylation sites (tertiary alicyclic amines) is 1. The first-order chi connectivity index (χ1) is 17.5. The number of benzene rings is 1. The van der Waals surface area contributed by atoms with Gasteiger partial charge in [0.2, 0.25) is 11.7 Å². The van der Waals surface area contributed by atoms with Gasteiger partial charge >= 0.3 is 0 Å². The summed E-state index contributed by atoms with van der Waals surface area (Å²) < 4.78 is 16.1. The van der Waals surface area contributed by atoms with Gasteiger partial charge in [-0.15, -0.1) is 0 Å². The Morgan fingerprint density at radius 2 is 1.86 bits per heavy atom. The molecule has 10 nitrogen and oxygen atoms in total. The molecule has 0 aliphatic carbocycles. The monoisotopic (exact) mass is 517 g/mol. The molecule has 2 aliphatic heterocycles. The smallest absolute Gasteiger partial charge is 0.252 e. The molecular formula is C25H35N5O5S. The highest BCUT2D eigenvalue weighted by Crippen LogP contribution is 2.38. The molecule has 3 heterocycles. The number of piperidine rings is 1. The summed E-state index contributed by atoms with van der Waals surface area (Å²) in [6, 6.07) is 2.56. The Morgan fingerprint density at radius 1 is 1.17 bits per heavy atom. The molecule has 0 radical (unpaired) electrons. The van der Waals surface area contributed by atoms with Crippen LogP contribution in [0.5, 0.6) is 17.2 Å². The van der Waals surface area contributed by atoms with Gasteiger partial charge in [0.25, 0.3) is 5.91 Å². The van der Waals surface area contributed by atoms with Crippen molar-refractivity contribution >= 4 is 23.6 Å². The minimum absolute atomic E-state index is 0.0576. The molecule has 2 aliphatic rings. The summed E-state index contributed by atoms with van der Waals surface area (Å²) in [6.45, 7) is 2.10. The van der Waals surface area contributed by atoms with Crippen molar-refractivity contribution in [2.45, 2.75) is 37.3 Å². The number of carbonyl (C=O) groups excluding carboxylic acids is 2. The molecule has 196 valence electrons. The number of thioether (sulfide) groups is 1. The van der Waals surface area contributed by atoms with E-state index in [-0.39, 0.29) is 17.4 Å². The van der Waals surface area contributed by atoms with E-state index in [1.807, 2.05) is 11.2 Å². The third-order valence-corrected chi connectivity index (χ3v) is 7.72. The molecule has 2 aromatic rings. The van der Waals surface area contributed by atoms with Gasteiger partial charge in [0, 0.05) is 37.3 Å². The zero-order valence-corrected chi connectivity index (χ0v) is 22.1. The molecule has 1 fully saturated rings. The molecule has 4 rings (SSSR count). The van der Waals surface area contributed by atoms with Crippen LogP contribution in [0, 0.1) is 0 Å². The highest BCUT2D eigenvalue weighted by molar-refractivity contribution is 7.98. The number of rotatable bonds is 9. The number of methoxy groups -OCH3 is 3. The van der Waals surface area contributed by atoms with Gasteiger partial charge in [-0.2, -0.15) is 11.8 Å². The van der Waals surface area contributed by atoms with Crippen LogP contribution in [0.2, 0.25) is 0 Å². The normalized spacial score (nSPS) is 17.3. The maximum absolute atomic E-state index is 13.6. The van der Waals surface area contributed by atoms with Crippen LogP contribution in [0.1, 0.15) is 41.0 Å². The van der Waals surface area contributed by atoms with E-state index in [0.29, 0.717) is 42.3 Å². The highest BCUT2D eigenvalue weighted by Gasteiger charge is 2.42. The minimum atomic E-state index is -0.627. The fourth-order valence-electron chi connectivity index (χ4n) is 5.12. The minimum Gasteiger partial charge on any atom is -0.493 e. The number of amides is 2. The van der Waals surface area contributed by atoms with Gasteiger partial charge in [-0.1, -0.05) is 0 Å². The average molecular weight is 518 g/mol. The number of hydrogen-bond donors (Lipinski definition) is 3. The number of nitrogens with zero attached hydrogens (tertiary/aromatic N) is 2. The molecule has 3 N–H and O–H groups in total. The summed E-state index contributed by atoms with van der Waals surface area (Å²) in [5, 5.41) is 6.62. The topological polar surface area (TPSA) is 118 Å². The van der Waals surface area contributed by atoms with Gasteiger partial charge in [-0.05, 0) is 43.4 Å². The number of nitrogens with one attached hydrogen (secondary N) is 3. The molecule has 1 saturated heterocycles. The third-order valence-electron chi connectivity index (χ3n) is 7.08. The number of hydrogen-bond acceptors (Lipinski definition) is 8. The maximum atomic E-state index is 13.6. The Balaban J connectivity index is 1.47. The van der Waals surface area contributed by atoms with Gasteiger partial charge in [0.1, 0.15) is 6.04 Å². The van der Waals surface area contributed by atoms with Crippen LogP contribution < -0.4 is 24.8 Å². The molecule has 0 unspecified atom stereocenters. The summed E-state index contributed by atoms with van der Waals surface area (Å²) in [7, 11) is 4.51.